The van der Waals surface area contributed by atoms with Crippen molar-refractivity contribution >= 4 is 118 Å². The minimum absolute atomic E-state index is 0.0734. The molecule has 0 saturated carbocycles. The summed E-state index contributed by atoms with van der Waals surface area (Å²) in [6.45, 7) is 27.7. The molecule has 434 valence electrons. The van der Waals surface area contributed by atoms with E-state index in [0.29, 0.717) is 69.1 Å². The van der Waals surface area contributed by atoms with Crippen molar-refractivity contribution in [1.82, 2.24) is 11.0 Å². The van der Waals surface area contributed by atoms with Gasteiger partial charge in [0.25, 0.3) is 0 Å². The molecule has 0 saturated heterocycles. The van der Waals surface area contributed by atoms with E-state index < -0.39 is 46.3 Å². The third-order valence-electron chi connectivity index (χ3n) is 6.65. The van der Waals surface area contributed by atoms with Crippen LogP contribution in [0.1, 0.15) is 122 Å². The predicted octanol–water partition coefficient (Wildman–Crippen LogP) is 6.56. The highest BCUT2D eigenvalue weighted by atomic mass is 33.1. The van der Waals surface area contributed by atoms with E-state index in [1.807, 2.05) is 77.0 Å². The number of hydrogen-bond acceptors (Lipinski definition) is 22. The predicted molar refractivity (Wildman–Crippen MR) is 304 cm³/mol. The Morgan fingerprint density at radius 1 is 0.541 bits per heavy atom. The Balaban J connectivity index is -0.000000336. The van der Waals surface area contributed by atoms with E-state index in [1.54, 1.807) is 0 Å². The third kappa shape index (κ3) is 78.4. The second-order valence-electron chi connectivity index (χ2n) is 16.6. The molecule has 20 nitrogen and oxygen atoms in total. The molecule has 0 aliphatic carbocycles. The zero-order chi connectivity index (χ0) is 57.9. The number of thioether (sulfide) groups is 2. The molecule has 0 amide bonds. The van der Waals surface area contributed by atoms with Gasteiger partial charge in [-0.15, -0.1) is 23.5 Å². The number of nitrogens with one attached hydrogen (secondary N) is 2. The van der Waals surface area contributed by atoms with Gasteiger partial charge in [0.15, 0.2) is 11.0 Å². The van der Waals surface area contributed by atoms with Gasteiger partial charge in [-0.05, 0) is 40.1 Å². The molecule has 2 atom stereocenters. The lowest BCUT2D eigenvalue weighted by Crippen LogP contribution is -2.35. The standard InChI is InChI=1S/C21H37NO9S2.C15H21NO9.C6H14S2.2C3H8S/c1-14(2)32-17(12-19(24)25)16(23)6-5-8-29-10-11-30-9-7-22-31-21(28)18(13-20(26)27)33-15(3)4;17-12(3-4-13(18)19)2-1-8-23-10-11-24-9-7-16-25-15(22)6-5-14(20)21;1-5(2)7-8-6(3)4;2*1-3(2)4/h14-15,17-18,22H,5-13H2,1-4H3,(H,24,25)(H,26,27);3-6,16H,1-2,7-11H2,(H,18,19)(H,20,21);5-6H,1-4H3;2*3-4H,1-2H3/b;4-3-,6-5-;;;. The molecular formula is C48H88N2O18S6. The average Bonchev–Trinajstić information content (AvgIpc) is 3.26. The number of hydrogen-bond donors (Lipinski definition) is 7. The Morgan fingerprint density at radius 3 is 1.32 bits per heavy atom. The number of Topliss-reactive ketones (excluding diaryl/α,β-unsaturated/α-hetero) is 1. The molecular weight excluding hydrogens is 1080 g/mol. The molecule has 0 aromatic rings. The molecule has 0 radical (unpaired) electrons. The zero-order valence-corrected chi connectivity index (χ0v) is 50.3. The van der Waals surface area contributed by atoms with E-state index in [9.17, 15) is 43.5 Å². The highest BCUT2D eigenvalue weighted by molar-refractivity contribution is 8.77. The summed E-state index contributed by atoms with van der Waals surface area (Å²) in [7, 11) is 3.91. The van der Waals surface area contributed by atoms with E-state index >= 15 is 0 Å². The number of aliphatic carboxylic acids is 4. The van der Waals surface area contributed by atoms with Crippen molar-refractivity contribution in [3.05, 3.63) is 24.3 Å². The summed E-state index contributed by atoms with van der Waals surface area (Å²) in [4.78, 5) is 95.8. The number of ketones is 2. The minimum Gasteiger partial charge on any atom is -0.550 e. The maximum Gasteiger partial charge on any atom is 0.521 e. The first-order chi connectivity index (χ1) is 34.5. The van der Waals surface area contributed by atoms with Crippen LogP contribution < -0.4 is 16.1 Å². The van der Waals surface area contributed by atoms with Crippen molar-refractivity contribution in [2.75, 3.05) is 65.9 Å². The van der Waals surface area contributed by atoms with Gasteiger partial charge < -0.3 is 53.8 Å². The van der Waals surface area contributed by atoms with Gasteiger partial charge >= 0.3 is 29.8 Å². The fraction of sp³-hybridized carbons (Fsp3) is 0.750. The molecule has 74 heavy (non-hydrogen) atoms. The molecule has 0 bridgehead atoms. The summed E-state index contributed by atoms with van der Waals surface area (Å²) in [5.74, 6) is -6.27. The topological polar surface area (TPSA) is 304 Å². The van der Waals surface area contributed by atoms with E-state index in [2.05, 4.69) is 68.8 Å². The van der Waals surface area contributed by atoms with Gasteiger partial charge in [-0.25, -0.2) is 19.2 Å². The Hall–Kier alpha value is -2.50. The smallest absolute Gasteiger partial charge is 0.521 e. The van der Waals surface area contributed by atoms with Crippen molar-refractivity contribution in [3.63, 3.8) is 0 Å². The van der Waals surface area contributed by atoms with Crippen LogP contribution in [-0.2, 0) is 62.2 Å². The van der Waals surface area contributed by atoms with Crippen molar-refractivity contribution in [3.8, 4) is 0 Å². The summed E-state index contributed by atoms with van der Waals surface area (Å²) >= 11 is 10.6. The van der Waals surface area contributed by atoms with Crippen molar-refractivity contribution in [2.45, 2.75) is 164 Å². The van der Waals surface area contributed by atoms with Crippen molar-refractivity contribution in [1.29, 1.82) is 0 Å². The van der Waals surface area contributed by atoms with E-state index in [-0.39, 0.29) is 74.1 Å². The summed E-state index contributed by atoms with van der Waals surface area (Å²) in [6, 6.07) is 0. The van der Waals surface area contributed by atoms with Crippen LogP contribution in [0.5, 0.6) is 0 Å². The van der Waals surface area contributed by atoms with E-state index in [4.69, 9.17) is 39.1 Å². The van der Waals surface area contributed by atoms with Crippen molar-refractivity contribution in [2.24, 2.45) is 0 Å². The van der Waals surface area contributed by atoms with Crippen LogP contribution in [0.15, 0.2) is 24.3 Å². The summed E-state index contributed by atoms with van der Waals surface area (Å²) in [6.07, 6.45) is 4.19. The lowest BCUT2D eigenvalue weighted by atomic mass is 10.1. The first-order valence-corrected chi connectivity index (χ1v) is 29.2. The molecule has 0 rings (SSSR count). The quantitative estimate of drug-likeness (QED) is 0.00856. The van der Waals surface area contributed by atoms with Crippen LogP contribution >= 0.6 is 70.4 Å². The fourth-order valence-electron chi connectivity index (χ4n) is 4.08. The highest BCUT2D eigenvalue weighted by Crippen LogP contribution is 2.29. The maximum atomic E-state index is 12.2. The summed E-state index contributed by atoms with van der Waals surface area (Å²) < 4.78 is 21.2. The SMILES string of the molecule is CC(C)S.CC(C)S.CC(C)SC(CC(=O)O)C(=O)CCCOCCOCCNOC(=[OH+])C(CC(=O)[O-])SC(C)C.CC(C)SSC(C)C.O=C(O)/C=C\C(=O)CCCOCCOCCNOC(=O)/C=C\C(=O)O. The van der Waals surface area contributed by atoms with Crippen LogP contribution in [0.3, 0.4) is 0 Å². The molecule has 0 heterocycles. The highest BCUT2D eigenvalue weighted by Gasteiger charge is 2.30. The Kier molecular flexibility index (Phi) is 61.6. The van der Waals surface area contributed by atoms with Gasteiger partial charge in [0.2, 0.25) is 0 Å². The first-order valence-electron chi connectivity index (χ1n) is 24.0. The van der Waals surface area contributed by atoms with Gasteiger partial charge in [-0.2, -0.15) is 30.7 Å². The number of hydroxylamine groups is 2. The Bertz CT molecular complexity index is 1430. The van der Waals surface area contributed by atoms with Crippen LogP contribution in [0, 0.1) is 0 Å². The molecule has 0 aliphatic rings. The number of ether oxygens (including phenoxy) is 4. The largest absolute Gasteiger partial charge is 0.550 e. The Morgan fingerprint density at radius 2 is 0.932 bits per heavy atom. The summed E-state index contributed by atoms with van der Waals surface area (Å²) in [5, 5.41) is 38.0. The maximum absolute atomic E-state index is 12.2. The number of carboxylic acids is 4. The monoisotopic (exact) mass is 1170 g/mol. The molecule has 0 fully saturated rings. The molecule has 0 spiro atoms. The number of carbonyl (C=O) groups excluding carboxylic acids is 5. The minimum atomic E-state index is -1.27. The average molecular weight is 1170 g/mol. The molecule has 0 aromatic heterocycles. The fourth-order valence-corrected chi connectivity index (χ4v) is 8.08. The molecule has 6 N–H and O–H groups in total. The molecule has 0 aliphatic heterocycles. The zero-order valence-electron chi connectivity index (χ0n) is 45.3. The van der Waals surface area contributed by atoms with Gasteiger partial charge in [0.05, 0.1) is 64.4 Å². The molecule has 26 heteroatoms. The number of rotatable bonds is 39. The second kappa shape index (κ2) is 56.7. The number of allylic oxidation sites excluding steroid dienone is 1. The van der Waals surface area contributed by atoms with Gasteiger partial charge in [0, 0.05) is 72.4 Å². The summed E-state index contributed by atoms with van der Waals surface area (Å²) in [5.41, 5.74) is 4.82. The van der Waals surface area contributed by atoms with Crippen LogP contribution in [0.4, 0.5) is 0 Å². The number of carboxylic acid groups (broad SMARTS) is 4. The van der Waals surface area contributed by atoms with Crippen LogP contribution in [-0.4, -0.2) is 175 Å². The second-order valence-corrected chi connectivity index (χ2v) is 25.6. The molecule has 2 unspecified atom stereocenters. The van der Waals surface area contributed by atoms with Crippen LogP contribution in [0.25, 0.3) is 0 Å². The lowest BCUT2D eigenvalue weighted by Gasteiger charge is -2.15. The van der Waals surface area contributed by atoms with Gasteiger partial charge in [-0.3, -0.25) is 14.4 Å². The van der Waals surface area contributed by atoms with E-state index in [0.717, 1.165) is 28.7 Å². The normalized spacial score (nSPS) is 11.8. The number of carbonyl (C=O) groups is 7. The lowest BCUT2D eigenvalue weighted by molar-refractivity contribution is -0.305. The van der Waals surface area contributed by atoms with Crippen molar-refractivity contribution < 1.29 is 87.4 Å². The van der Waals surface area contributed by atoms with Gasteiger partial charge in [0.1, 0.15) is 5.78 Å². The molecule has 0 aromatic carbocycles. The Labute approximate surface area is 467 Å². The first kappa shape index (κ1) is 80.4. The number of thiol groups is 2. The van der Waals surface area contributed by atoms with E-state index in [1.165, 1.54) is 23.5 Å². The van der Waals surface area contributed by atoms with Gasteiger partial charge in [-0.1, -0.05) is 105 Å². The van der Waals surface area contributed by atoms with Crippen LogP contribution in [0.2, 0.25) is 0 Å². The third-order valence-corrected chi connectivity index (χ3v) is 12.7.